The van der Waals surface area contributed by atoms with Crippen molar-refractivity contribution >= 4 is 0 Å². The zero-order valence-corrected chi connectivity index (χ0v) is 12.0. The van der Waals surface area contributed by atoms with Crippen LogP contribution in [0.1, 0.15) is 24.6 Å². The predicted molar refractivity (Wildman–Crippen MR) is 77.7 cm³/mol. The van der Waals surface area contributed by atoms with Crippen molar-refractivity contribution in [2.24, 2.45) is 0 Å². The highest BCUT2D eigenvalue weighted by Gasteiger charge is 2.20. The third kappa shape index (κ3) is 2.85. The molecule has 2 aromatic heterocycles. The van der Waals surface area contributed by atoms with E-state index in [1.807, 2.05) is 49.5 Å². The Morgan fingerprint density at radius 3 is 2.71 bits per heavy atom. The van der Waals surface area contributed by atoms with Crippen molar-refractivity contribution in [3.05, 3.63) is 60.3 Å². The van der Waals surface area contributed by atoms with Crippen LogP contribution in [0, 0.1) is 0 Å². The molecule has 0 radical (unpaired) electrons. The standard InChI is InChI=1S/C15H17N5O/c1-12(19(2)11-14-9-6-10-21-14)15-16-17-18-20(15)13-7-4-3-5-8-13/h3-10,12H,11H2,1-2H3. The number of para-hydroxylation sites is 1. The van der Waals surface area contributed by atoms with E-state index in [0.717, 1.165) is 17.3 Å². The number of hydrogen-bond donors (Lipinski definition) is 0. The monoisotopic (exact) mass is 283 g/mol. The Kier molecular flexibility index (Phi) is 3.79. The summed E-state index contributed by atoms with van der Waals surface area (Å²) < 4.78 is 7.15. The second kappa shape index (κ2) is 5.88. The van der Waals surface area contributed by atoms with Gasteiger partial charge < -0.3 is 4.42 Å². The highest BCUT2D eigenvalue weighted by atomic mass is 16.3. The van der Waals surface area contributed by atoms with Crippen LogP contribution >= 0.6 is 0 Å². The molecule has 0 spiro atoms. The highest BCUT2D eigenvalue weighted by Crippen LogP contribution is 2.20. The number of rotatable bonds is 5. The smallest absolute Gasteiger partial charge is 0.173 e. The number of hydrogen-bond acceptors (Lipinski definition) is 5. The van der Waals surface area contributed by atoms with Crippen molar-refractivity contribution in [1.29, 1.82) is 0 Å². The topological polar surface area (TPSA) is 60.0 Å². The summed E-state index contributed by atoms with van der Waals surface area (Å²) in [5, 5.41) is 12.1. The number of aromatic nitrogens is 4. The Hall–Kier alpha value is -2.47. The van der Waals surface area contributed by atoms with Crippen LogP contribution in [0.3, 0.4) is 0 Å². The Morgan fingerprint density at radius 1 is 1.19 bits per heavy atom. The van der Waals surface area contributed by atoms with Crippen molar-refractivity contribution in [2.45, 2.75) is 19.5 Å². The van der Waals surface area contributed by atoms with Gasteiger partial charge in [-0.1, -0.05) is 18.2 Å². The molecule has 3 rings (SSSR count). The molecule has 6 nitrogen and oxygen atoms in total. The first-order chi connectivity index (χ1) is 10.3. The zero-order valence-electron chi connectivity index (χ0n) is 12.0. The normalized spacial score (nSPS) is 12.7. The van der Waals surface area contributed by atoms with Gasteiger partial charge in [0.05, 0.1) is 24.5 Å². The molecular formula is C15H17N5O. The summed E-state index contributed by atoms with van der Waals surface area (Å²) in [6.07, 6.45) is 1.68. The molecule has 6 heteroatoms. The lowest BCUT2D eigenvalue weighted by Gasteiger charge is -2.22. The van der Waals surface area contributed by atoms with Gasteiger partial charge in [0, 0.05) is 0 Å². The molecule has 0 amide bonds. The van der Waals surface area contributed by atoms with E-state index >= 15 is 0 Å². The summed E-state index contributed by atoms with van der Waals surface area (Å²) in [6.45, 7) is 2.78. The Morgan fingerprint density at radius 2 is 2.00 bits per heavy atom. The number of tetrazole rings is 1. The molecule has 1 unspecified atom stereocenters. The van der Waals surface area contributed by atoms with Crippen molar-refractivity contribution in [3.8, 4) is 5.69 Å². The van der Waals surface area contributed by atoms with Crippen LogP contribution in [0.5, 0.6) is 0 Å². The molecular weight excluding hydrogens is 266 g/mol. The fourth-order valence-corrected chi connectivity index (χ4v) is 2.19. The van der Waals surface area contributed by atoms with Crippen molar-refractivity contribution in [3.63, 3.8) is 0 Å². The van der Waals surface area contributed by atoms with Gasteiger partial charge in [-0.05, 0) is 48.7 Å². The van der Waals surface area contributed by atoms with Gasteiger partial charge in [-0.25, -0.2) is 0 Å². The van der Waals surface area contributed by atoms with Gasteiger partial charge in [0.25, 0.3) is 0 Å². The molecule has 0 aliphatic carbocycles. The van der Waals surface area contributed by atoms with E-state index in [1.54, 1.807) is 10.9 Å². The van der Waals surface area contributed by atoms with Crippen LogP contribution < -0.4 is 0 Å². The molecule has 21 heavy (non-hydrogen) atoms. The Bertz CT molecular complexity index is 677. The van der Waals surface area contributed by atoms with Crippen LogP contribution in [0.25, 0.3) is 5.69 Å². The minimum Gasteiger partial charge on any atom is -0.468 e. The first-order valence-corrected chi connectivity index (χ1v) is 6.82. The van der Waals surface area contributed by atoms with E-state index in [1.165, 1.54) is 0 Å². The molecule has 2 heterocycles. The lowest BCUT2D eigenvalue weighted by atomic mass is 10.2. The van der Waals surface area contributed by atoms with Crippen LogP contribution in [-0.2, 0) is 6.54 Å². The quantitative estimate of drug-likeness (QED) is 0.720. The SMILES string of the molecule is CC(c1nnnn1-c1ccccc1)N(C)Cc1ccco1. The summed E-state index contributed by atoms with van der Waals surface area (Å²) in [4.78, 5) is 2.14. The third-order valence-electron chi connectivity index (χ3n) is 3.51. The second-order valence-electron chi connectivity index (χ2n) is 4.95. The third-order valence-corrected chi connectivity index (χ3v) is 3.51. The van der Waals surface area contributed by atoms with E-state index in [0.29, 0.717) is 6.54 Å². The number of benzene rings is 1. The molecule has 1 aromatic carbocycles. The summed E-state index contributed by atoms with van der Waals surface area (Å²) in [7, 11) is 2.02. The van der Waals surface area contributed by atoms with E-state index in [-0.39, 0.29) is 6.04 Å². The molecule has 108 valence electrons. The molecule has 0 bridgehead atoms. The number of furan rings is 1. The largest absolute Gasteiger partial charge is 0.468 e. The average Bonchev–Trinajstić information content (AvgIpc) is 3.18. The summed E-state index contributed by atoms with van der Waals surface area (Å²) in [5.41, 5.74) is 0.954. The molecule has 0 N–H and O–H groups in total. The van der Waals surface area contributed by atoms with Crippen LogP contribution in [0.15, 0.2) is 53.1 Å². The lowest BCUT2D eigenvalue weighted by molar-refractivity contribution is 0.222. The second-order valence-corrected chi connectivity index (χ2v) is 4.95. The fraction of sp³-hybridized carbons (Fsp3) is 0.267. The minimum atomic E-state index is 0.0605. The molecule has 0 saturated carbocycles. The maximum absolute atomic E-state index is 5.39. The van der Waals surface area contributed by atoms with Crippen LogP contribution in [0.4, 0.5) is 0 Å². The molecule has 0 aliphatic heterocycles. The van der Waals surface area contributed by atoms with E-state index in [4.69, 9.17) is 4.42 Å². The summed E-state index contributed by atoms with van der Waals surface area (Å²) in [6, 6.07) is 13.8. The van der Waals surface area contributed by atoms with Gasteiger partial charge in [0.2, 0.25) is 0 Å². The highest BCUT2D eigenvalue weighted by molar-refractivity contribution is 5.30. The van der Waals surface area contributed by atoms with Gasteiger partial charge in [-0.2, -0.15) is 4.68 Å². The lowest BCUT2D eigenvalue weighted by Crippen LogP contribution is -2.24. The zero-order chi connectivity index (χ0) is 14.7. The van der Waals surface area contributed by atoms with Crippen molar-refractivity contribution < 1.29 is 4.42 Å². The van der Waals surface area contributed by atoms with Gasteiger partial charge in [-0.15, -0.1) is 5.10 Å². The predicted octanol–water partition coefficient (Wildman–Crippen LogP) is 2.45. The first-order valence-electron chi connectivity index (χ1n) is 6.82. The number of nitrogens with zero attached hydrogens (tertiary/aromatic N) is 5. The van der Waals surface area contributed by atoms with Gasteiger partial charge in [-0.3, -0.25) is 4.90 Å². The Labute approximate surface area is 123 Å². The molecule has 0 saturated heterocycles. The van der Waals surface area contributed by atoms with Crippen molar-refractivity contribution in [1.82, 2.24) is 25.1 Å². The van der Waals surface area contributed by atoms with Crippen LogP contribution in [0.2, 0.25) is 0 Å². The molecule has 3 aromatic rings. The minimum absolute atomic E-state index is 0.0605. The Balaban J connectivity index is 1.82. The fourth-order valence-electron chi connectivity index (χ4n) is 2.19. The first kappa shape index (κ1) is 13.5. The summed E-state index contributed by atoms with van der Waals surface area (Å²) in [5.74, 6) is 1.72. The van der Waals surface area contributed by atoms with Crippen molar-refractivity contribution in [2.75, 3.05) is 7.05 Å². The maximum Gasteiger partial charge on any atom is 0.173 e. The molecule has 0 aliphatic rings. The average molecular weight is 283 g/mol. The van der Waals surface area contributed by atoms with Crippen LogP contribution in [-0.4, -0.2) is 32.2 Å². The van der Waals surface area contributed by atoms with Gasteiger partial charge >= 0.3 is 0 Å². The maximum atomic E-state index is 5.39. The molecule has 0 fully saturated rings. The summed E-state index contributed by atoms with van der Waals surface area (Å²) >= 11 is 0. The van der Waals surface area contributed by atoms with E-state index in [2.05, 4.69) is 27.3 Å². The van der Waals surface area contributed by atoms with Gasteiger partial charge in [0.1, 0.15) is 5.76 Å². The van der Waals surface area contributed by atoms with E-state index < -0.39 is 0 Å². The molecule has 1 atom stereocenters. The van der Waals surface area contributed by atoms with E-state index in [9.17, 15) is 0 Å². The van der Waals surface area contributed by atoms with Gasteiger partial charge in [0.15, 0.2) is 5.82 Å².